The third-order valence-corrected chi connectivity index (χ3v) is 4.94. The maximum Gasteiger partial charge on any atom is 0.158 e. The lowest BCUT2D eigenvalue weighted by Gasteiger charge is -2.19. The lowest BCUT2D eigenvalue weighted by atomic mass is 10.3. The van der Waals surface area contributed by atoms with Crippen LogP contribution in [-0.4, -0.2) is 30.6 Å². The van der Waals surface area contributed by atoms with Crippen LogP contribution in [0.1, 0.15) is 20.8 Å². The Morgan fingerprint density at radius 3 is 2.47 bits per heavy atom. The summed E-state index contributed by atoms with van der Waals surface area (Å²) in [7, 11) is -3.17. The molecule has 4 nitrogen and oxygen atoms in total. The van der Waals surface area contributed by atoms with Gasteiger partial charge in [0.25, 0.3) is 0 Å². The van der Waals surface area contributed by atoms with Crippen molar-refractivity contribution in [2.75, 3.05) is 12.4 Å². The number of hydrogen-bond acceptors (Lipinski definition) is 4. The summed E-state index contributed by atoms with van der Waals surface area (Å²) in [6.45, 7) is 5.08. The summed E-state index contributed by atoms with van der Waals surface area (Å²) in [6, 6.07) is 6.29. The van der Waals surface area contributed by atoms with E-state index in [9.17, 15) is 13.5 Å². The van der Waals surface area contributed by atoms with E-state index in [1.807, 2.05) is 0 Å². The first-order valence-corrected chi connectivity index (χ1v) is 7.02. The molecule has 0 saturated carbocycles. The zero-order valence-corrected chi connectivity index (χ0v) is 11.1. The van der Waals surface area contributed by atoms with E-state index in [0.29, 0.717) is 5.75 Å². The highest BCUT2D eigenvalue weighted by molar-refractivity contribution is 7.92. The molecule has 0 amide bonds. The minimum absolute atomic E-state index is 0.0356. The van der Waals surface area contributed by atoms with Crippen molar-refractivity contribution in [3.8, 4) is 11.5 Å². The topological polar surface area (TPSA) is 63.6 Å². The first-order valence-electron chi connectivity index (χ1n) is 5.36. The van der Waals surface area contributed by atoms with Crippen LogP contribution in [0, 0.1) is 0 Å². The molecule has 0 aromatic heterocycles. The molecule has 0 aliphatic heterocycles. The number of sulfone groups is 1. The summed E-state index contributed by atoms with van der Waals surface area (Å²) in [5.74, 6) is 0.530. The number of hydrogen-bond donors (Lipinski definition) is 1. The number of phenolic OH excluding ortho intramolecular Hbond substituents is 1. The van der Waals surface area contributed by atoms with Gasteiger partial charge in [-0.3, -0.25) is 0 Å². The standard InChI is InChI=1S/C12H18O4S/c1-12(2,3)17(14,15)8-7-16-11-6-4-5-10(13)9-11/h4-6,9,13H,7-8H2,1-3H3. The Labute approximate surface area is 102 Å². The summed E-state index contributed by atoms with van der Waals surface area (Å²) in [5.41, 5.74) is 0. The molecule has 0 saturated heterocycles. The Morgan fingerprint density at radius 1 is 1.29 bits per heavy atom. The van der Waals surface area contributed by atoms with Crippen LogP contribution in [0.5, 0.6) is 11.5 Å². The largest absolute Gasteiger partial charge is 0.508 e. The number of rotatable bonds is 4. The van der Waals surface area contributed by atoms with Gasteiger partial charge in [-0.25, -0.2) is 8.42 Å². The van der Waals surface area contributed by atoms with Gasteiger partial charge in [-0.15, -0.1) is 0 Å². The fourth-order valence-electron chi connectivity index (χ4n) is 1.15. The second-order valence-electron chi connectivity index (χ2n) is 4.78. The molecular weight excluding hydrogens is 240 g/mol. The van der Waals surface area contributed by atoms with Crippen LogP contribution in [-0.2, 0) is 9.84 Å². The van der Waals surface area contributed by atoms with Crippen molar-refractivity contribution < 1.29 is 18.3 Å². The van der Waals surface area contributed by atoms with Crippen LogP contribution < -0.4 is 4.74 Å². The number of aromatic hydroxyl groups is 1. The summed E-state index contributed by atoms with van der Waals surface area (Å²) in [4.78, 5) is 0. The second kappa shape index (κ2) is 4.96. The Hall–Kier alpha value is -1.23. The molecule has 0 heterocycles. The van der Waals surface area contributed by atoms with Crippen molar-refractivity contribution in [2.24, 2.45) is 0 Å². The van der Waals surface area contributed by atoms with E-state index in [1.54, 1.807) is 32.9 Å². The monoisotopic (exact) mass is 258 g/mol. The van der Waals surface area contributed by atoms with Gasteiger partial charge in [-0.1, -0.05) is 6.07 Å². The molecule has 17 heavy (non-hydrogen) atoms. The lowest BCUT2D eigenvalue weighted by Crippen LogP contribution is -2.32. The lowest BCUT2D eigenvalue weighted by molar-refractivity contribution is 0.337. The van der Waals surface area contributed by atoms with Crippen LogP contribution in [0.15, 0.2) is 24.3 Å². The average Bonchev–Trinajstić information content (AvgIpc) is 2.15. The van der Waals surface area contributed by atoms with Crippen molar-refractivity contribution in [3.05, 3.63) is 24.3 Å². The Kier molecular flexibility index (Phi) is 4.03. The maximum absolute atomic E-state index is 11.8. The van der Waals surface area contributed by atoms with Gasteiger partial charge >= 0.3 is 0 Å². The fraction of sp³-hybridized carbons (Fsp3) is 0.500. The van der Waals surface area contributed by atoms with Gasteiger partial charge in [0.05, 0.1) is 10.5 Å². The molecule has 0 atom stereocenters. The third-order valence-electron chi connectivity index (χ3n) is 2.37. The molecule has 0 spiro atoms. The minimum Gasteiger partial charge on any atom is -0.508 e. The van der Waals surface area contributed by atoms with E-state index in [2.05, 4.69) is 0 Å². The summed E-state index contributed by atoms with van der Waals surface area (Å²) in [6.07, 6.45) is 0. The highest BCUT2D eigenvalue weighted by Crippen LogP contribution is 2.19. The summed E-state index contributed by atoms with van der Waals surface area (Å²) in [5, 5.41) is 9.20. The van der Waals surface area contributed by atoms with E-state index in [0.717, 1.165) is 0 Å². The van der Waals surface area contributed by atoms with Gasteiger partial charge < -0.3 is 9.84 Å². The fourth-order valence-corrected chi connectivity index (χ4v) is 2.06. The van der Waals surface area contributed by atoms with Gasteiger partial charge in [0.1, 0.15) is 18.1 Å². The van der Waals surface area contributed by atoms with Crippen LogP contribution >= 0.6 is 0 Å². The molecule has 0 fully saturated rings. The van der Waals surface area contributed by atoms with Gasteiger partial charge in [-0.2, -0.15) is 0 Å². The molecule has 0 bridgehead atoms. The summed E-state index contributed by atoms with van der Waals surface area (Å²) < 4.78 is 28.1. The minimum atomic E-state index is -3.17. The van der Waals surface area contributed by atoms with Crippen LogP contribution in [0.3, 0.4) is 0 Å². The molecule has 96 valence electrons. The molecule has 0 aliphatic carbocycles. The molecule has 0 radical (unpaired) electrons. The van der Waals surface area contributed by atoms with Gasteiger partial charge in [0, 0.05) is 6.07 Å². The van der Waals surface area contributed by atoms with Crippen molar-refractivity contribution in [3.63, 3.8) is 0 Å². The predicted molar refractivity (Wildman–Crippen MR) is 67.1 cm³/mol. The van der Waals surface area contributed by atoms with Gasteiger partial charge in [-0.05, 0) is 32.9 Å². The molecular formula is C12H18O4S. The molecule has 0 unspecified atom stereocenters. The van der Waals surface area contributed by atoms with Gasteiger partial charge in [0.15, 0.2) is 9.84 Å². The predicted octanol–water partition coefficient (Wildman–Crippen LogP) is 1.98. The summed E-state index contributed by atoms with van der Waals surface area (Å²) >= 11 is 0. The highest BCUT2D eigenvalue weighted by atomic mass is 32.2. The van der Waals surface area contributed by atoms with Crippen LogP contribution in [0.4, 0.5) is 0 Å². The number of phenols is 1. The molecule has 1 rings (SSSR count). The van der Waals surface area contributed by atoms with E-state index < -0.39 is 14.6 Å². The molecule has 1 aromatic carbocycles. The Morgan fingerprint density at radius 2 is 1.94 bits per heavy atom. The Balaban J connectivity index is 2.55. The van der Waals surface area contributed by atoms with E-state index in [-0.39, 0.29) is 18.1 Å². The van der Waals surface area contributed by atoms with Crippen molar-refractivity contribution in [1.82, 2.24) is 0 Å². The number of benzene rings is 1. The van der Waals surface area contributed by atoms with E-state index in [4.69, 9.17) is 4.74 Å². The normalized spacial score (nSPS) is 12.4. The Bertz CT molecular complexity index is 472. The average molecular weight is 258 g/mol. The smallest absolute Gasteiger partial charge is 0.158 e. The molecule has 1 aromatic rings. The maximum atomic E-state index is 11.8. The quantitative estimate of drug-likeness (QED) is 0.897. The zero-order valence-electron chi connectivity index (χ0n) is 10.3. The number of ether oxygens (including phenoxy) is 1. The van der Waals surface area contributed by atoms with Crippen LogP contribution in [0.25, 0.3) is 0 Å². The van der Waals surface area contributed by atoms with Crippen LogP contribution in [0.2, 0.25) is 0 Å². The first-order chi connectivity index (χ1) is 7.72. The molecule has 1 N–H and O–H groups in total. The van der Waals surface area contributed by atoms with E-state index in [1.165, 1.54) is 12.1 Å². The van der Waals surface area contributed by atoms with Gasteiger partial charge in [0.2, 0.25) is 0 Å². The molecule has 0 aliphatic rings. The van der Waals surface area contributed by atoms with E-state index >= 15 is 0 Å². The van der Waals surface area contributed by atoms with Crippen molar-refractivity contribution in [1.29, 1.82) is 0 Å². The third kappa shape index (κ3) is 3.93. The first kappa shape index (κ1) is 13.8. The second-order valence-corrected chi connectivity index (χ2v) is 7.64. The SMILES string of the molecule is CC(C)(C)S(=O)(=O)CCOc1cccc(O)c1. The van der Waals surface area contributed by atoms with Crippen molar-refractivity contribution in [2.45, 2.75) is 25.5 Å². The molecule has 5 heteroatoms. The van der Waals surface area contributed by atoms with Crippen molar-refractivity contribution >= 4 is 9.84 Å². The zero-order chi connectivity index (χ0) is 13.1. The highest BCUT2D eigenvalue weighted by Gasteiger charge is 2.28.